The minimum atomic E-state index is -4.77. The van der Waals surface area contributed by atoms with Crippen molar-refractivity contribution in [3.8, 4) is 17.9 Å². The standard InChI is InChI=1S/C17H15F3N2O/c1-3-5-10-16(11-21,12-22)15(4-2)13-6-8-14(9-7-13)23-17(18,19)20/h3-4,6-9,15H,1-2,5,10H2. The zero-order chi connectivity index (χ0) is 17.5. The quantitative estimate of drug-likeness (QED) is 0.674. The summed E-state index contributed by atoms with van der Waals surface area (Å²) in [5, 5.41) is 18.9. The van der Waals surface area contributed by atoms with Crippen LogP contribution in [-0.4, -0.2) is 6.36 Å². The predicted molar refractivity (Wildman–Crippen MR) is 79.2 cm³/mol. The van der Waals surface area contributed by atoms with Gasteiger partial charge >= 0.3 is 6.36 Å². The van der Waals surface area contributed by atoms with Gasteiger partial charge in [0.05, 0.1) is 12.1 Å². The second-order valence-corrected chi connectivity index (χ2v) is 4.85. The van der Waals surface area contributed by atoms with Crippen LogP contribution in [0.4, 0.5) is 13.2 Å². The van der Waals surface area contributed by atoms with Gasteiger partial charge in [0, 0.05) is 5.92 Å². The van der Waals surface area contributed by atoms with Crippen LogP contribution in [0.5, 0.6) is 5.75 Å². The molecule has 0 bridgehead atoms. The molecule has 0 spiro atoms. The molecule has 1 aromatic carbocycles. The third kappa shape index (κ3) is 4.62. The largest absolute Gasteiger partial charge is 0.573 e. The number of benzene rings is 1. The molecule has 120 valence electrons. The first kappa shape index (κ1) is 18.3. The normalized spacial score (nSPS) is 12.6. The Hall–Kier alpha value is -2.73. The van der Waals surface area contributed by atoms with Crippen molar-refractivity contribution >= 4 is 0 Å². The van der Waals surface area contributed by atoms with Gasteiger partial charge in [-0.05, 0) is 30.5 Å². The number of halogens is 3. The van der Waals surface area contributed by atoms with Crippen LogP contribution in [0.3, 0.4) is 0 Å². The van der Waals surface area contributed by atoms with Crippen molar-refractivity contribution in [3.63, 3.8) is 0 Å². The number of rotatable bonds is 7. The third-order valence-electron chi connectivity index (χ3n) is 3.38. The lowest BCUT2D eigenvalue weighted by molar-refractivity contribution is -0.274. The van der Waals surface area contributed by atoms with Crippen molar-refractivity contribution in [2.45, 2.75) is 25.1 Å². The molecule has 0 saturated heterocycles. The van der Waals surface area contributed by atoms with Crippen LogP contribution < -0.4 is 4.74 Å². The molecule has 1 atom stereocenters. The Labute approximate surface area is 132 Å². The summed E-state index contributed by atoms with van der Waals surface area (Å²) in [6, 6.07) is 9.10. The van der Waals surface area contributed by atoms with E-state index in [2.05, 4.69) is 17.9 Å². The lowest BCUT2D eigenvalue weighted by Gasteiger charge is -2.26. The zero-order valence-electron chi connectivity index (χ0n) is 12.3. The molecule has 0 aliphatic rings. The minimum Gasteiger partial charge on any atom is -0.406 e. The van der Waals surface area contributed by atoms with Crippen LogP contribution >= 0.6 is 0 Å². The molecule has 0 saturated carbocycles. The molecule has 0 fully saturated rings. The first-order valence-corrected chi connectivity index (χ1v) is 6.73. The van der Waals surface area contributed by atoms with Gasteiger partial charge in [-0.3, -0.25) is 0 Å². The molecule has 0 N–H and O–H groups in total. The Morgan fingerprint density at radius 2 is 1.70 bits per heavy atom. The average Bonchev–Trinajstić information content (AvgIpc) is 2.51. The van der Waals surface area contributed by atoms with Gasteiger partial charge in [0.2, 0.25) is 0 Å². The van der Waals surface area contributed by atoms with Gasteiger partial charge in [0.25, 0.3) is 0 Å². The topological polar surface area (TPSA) is 56.8 Å². The maximum absolute atomic E-state index is 12.2. The SMILES string of the molecule is C=CCCC(C#N)(C#N)C(C=C)c1ccc(OC(F)(F)F)cc1. The molecule has 0 aliphatic carbocycles. The lowest BCUT2D eigenvalue weighted by atomic mass is 9.71. The van der Waals surface area contributed by atoms with Gasteiger partial charge in [0.1, 0.15) is 5.75 Å². The fourth-order valence-electron chi connectivity index (χ4n) is 2.26. The van der Waals surface area contributed by atoms with E-state index in [0.29, 0.717) is 12.0 Å². The molecular formula is C17H15F3N2O. The van der Waals surface area contributed by atoms with Crippen LogP contribution in [0.25, 0.3) is 0 Å². The van der Waals surface area contributed by atoms with Crippen molar-refractivity contribution in [3.05, 3.63) is 55.1 Å². The highest BCUT2D eigenvalue weighted by molar-refractivity contribution is 5.37. The number of allylic oxidation sites excluding steroid dienone is 2. The lowest BCUT2D eigenvalue weighted by Crippen LogP contribution is -2.24. The molecule has 0 amide bonds. The highest BCUT2D eigenvalue weighted by Gasteiger charge is 2.38. The van der Waals surface area contributed by atoms with Crippen LogP contribution in [0.1, 0.15) is 24.3 Å². The molecular weight excluding hydrogens is 305 g/mol. The summed E-state index contributed by atoms with van der Waals surface area (Å²) < 4.78 is 40.3. The minimum absolute atomic E-state index is 0.251. The highest BCUT2D eigenvalue weighted by atomic mass is 19.4. The van der Waals surface area contributed by atoms with E-state index in [0.717, 1.165) is 12.1 Å². The number of ether oxygens (including phenoxy) is 1. The van der Waals surface area contributed by atoms with E-state index in [9.17, 15) is 23.7 Å². The summed E-state index contributed by atoms with van der Waals surface area (Å²) in [4.78, 5) is 0. The summed E-state index contributed by atoms with van der Waals surface area (Å²) in [5.74, 6) is -1.01. The Bertz CT molecular complexity index is 622. The summed E-state index contributed by atoms with van der Waals surface area (Å²) in [6.07, 6.45) is -1.01. The molecule has 0 aromatic heterocycles. The maximum Gasteiger partial charge on any atom is 0.573 e. The van der Waals surface area contributed by atoms with Crippen LogP contribution in [0.2, 0.25) is 0 Å². The molecule has 1 unspecified atom stereocenters. The van der Waals surface area contributed by atoms with E-state index < -0.39 is 17.7 Å². The van der Waals surface area contributed by atoms with E-state index in [1.165, 1.54) is 18.2 Å². The molecule has 0 heterocycles. The summed E-state index contributed by atoms with van der Waals surface area (Å²) >= 11 is 0. The van der Waals surface area contributed by atoms with Crippen LogP contribution in [-0.2, 0) is 0 Å². The van der Waals surface area contributed by atoms with Gasteiger partial charge in [-0.2, -0.15) is 10.5 Å². The average molecular weight is 320 g/mol. The summed E-state index contributed by atoms with van der Waals surface area (Å²) in [7, 11) is 0. The van der Waals surface area contributed by atoms with Gasteiger partial charge in [-0.1, -0.05) is 24.3 Å². The van der Waals surface area contributed by atoms with Crippen molar-refractivity contribution in [1.29, 1.82) is 10.5 Å². The molecule has 0 aliphatic heterocycles. The molecule has 0 radical (unpaired) electrons. The van der Waals surface area contributed by atoms with E-state index >= 15 is 0 Å². The smallest absolute Gasteiger partial charge is 0.406 e. The Morgan fingerprint density at radius 1 is 1.13 bits per heavy atom. The predicted octanol–water partition coefficient (Wildman–Crippen LogP) is 4.85. The Balaban J connectivity index is 3.14. The summed E-state index contributed by atoms with van der Waals surface area (Å²) in [6.45, 7) is 7.22. The Morgan fingerprint density at radius 3 is 2.09 bits per heavy atom. The number of nitriles is 2. The molecule has 6 heteroatoms. The highest BCUT2D eigenvalue weighted by Crippen LogP contribution is 2.40. The van der Waals surface area contributed by atoms with Gasteiger partial charge in [0.15, 0.2) is 5.41 Å². The summed E-state index contributed by atoms with van der Waals surface area (Å²) in [5.41, 5.74) is -0.843. The number of alkyl halides is 3. The van der Waals surface area contributed by atoms with Crippen LogP contribution in [0, 0.1) is 28.1 Å². The van der Waals surface area contributed by atoms with E-state index in [1.807, 2.05) is 12.1 Å². The van der Waals surface area contributed by atoms with Gasteiger partial charge in [-0.25, -0.2) is 0 Å². The van der Waals surface area contributed by atoms with Gasteiger partial charge in [-0.15, -0.1) is 26.3 Å². The van der Waals surface area contributed by atoms with Gasteiger partial charge < -0.3 is 4.74 Å². The first-order valence-electron chi connectivity index (χ1n) is 6.73. The van der Waals surface area contributed by atoms with Crippen molar-refractivity contribution in [2.24, 2.45) is 5.41 Å². The van der Waals surface area contributed by atoms with E-state index in [4.69, 9.17) is 0 Å². The second-order valence-electron chi connectivity index (χ2n) is 4.85. The fourth-order valence-corrected chi connectivity index (χ4v) is 2.26. The van der Waals surface area contributed by atoms with Crippen molar-refractivity contribution in [1.82, 2.24) is 0 Å². The fraction of sp³-hybridized carbons (Fsp3) is 0.294. The maximum atomic E-state index is 12.2. The number of hydrogen-bond donors (Lipinski definition) is 0. The number of hydrogen-bond acceptors (Lipinski definition) is 3. The molecule has 1 rings (SSSR count). The molecule has 1 aromatic rings. The Kier molecular flexibility index (Phi) is 5.98. The third-order valence-corrected chi connectivity index (χ3v) is 3.38. The number of nitrogens with zero attached hydrogens (tertiary/aromatic N) is 2. The molecule has 3 nitrogen and oxygen atoms in total. The zero-order valence-corrected chi connectivity index (χ0v) is 12.3. The van der Waals surface area contributed by atoms with Crippen LogP contribution in [0.15, 0.2) is 49.6 Å². The van der Waals surface area contributed by atoms with E-state index in [1.54, 1.807) is 6.08 Å². The first-order chi connectivity index (χ1) is 10.8. The second kappa shape index (κ2) is 7.51. The van der Waals surface area contributed by atoms with Crippen molar-refractivity contribution < 1.29 is 17.9 Å². The molecule has 23 heavy (non-hydrogen) atoms. The monoisotopic (exact) mass is 320 g/mol. The van der Waals surface area contributed by atoms with E-state index in [-0.39, 0.29) is 12.2 Å². The van der Waals surface area contributed by atoms with Crippen molar-refractivity contribution in [2.75, 3.05) is 0 Å².